The average molecular weight is 395 g/mol. The van der Waals surface area contributed by atoms with E-state index in [4.69, 9.17) is 10.00 Å². The van der Waals surface area contributed by atoms with Crippen molar-refractivity contribution in [3.63, 3.8) is 0 Å². The van der Waals surface area contributed by atoms with E-state index in [9.17, 15) is 18.0 Å². The summed E-state index contributed by atoms with van der Waals surface area (Å²) in [6.45, 7) is 4.62. The second-order valence-electron chi connectivity index (χ2n) is 7.67. The molecule has 0 aromatic heterocycles. The first-order valence-electron chi connectivity index (χ1n) is 9.37. The first kappa shape index (κ1) is 20.5. The van der Waals surface area contributed by atoms with Gasteiger partial charge in [-0.1, -0.05) is 6.92 Å². The van der Waals surface area contributed by atoms with Gasteiger partial charge in [-0.15, -0.1) is 0 Å². The molecule has 0 radical (unpaired) electrons. The maximum absolute atomic E-state index is 13.3. The Morgan fingerprint density at radius 2 is 2.14 bits per heavy atom. The predicted octanol–water partition coefficient (Wildman–Crippen LogP) is 3.29. The number of carbonyl (C=O) groups excluding carboxylic acids is 1. The number of ether oxygens (including phenoxy) is 1. The van der Waals surface area contributed by atoms with Crippen molar-refractivity contribution in [2.24, 2.45) is 11.3 Å². The van der Waals surface area contributed by atoms with Crippen LogP contribution in [0, 0.1) is 22.7 Å². The standard InChI is InChI=1S/C20H24F3N3O2/c1-3-18(27)25-7-6-15-10-26(12-19(15,11-25)13-28-2)16-5-4-14(9-24)17(8-16)20(21,22)23/h4-5,8,15H,3,6-7,10-13H2,1-2H3/t15-,19+/m1/s1. The van der Waals surface area contributed by atoms with Crippen LogP contribution in [0.1, 0.15) is 30.9 Å². The molecule has 1 aromatic carbocycles. The maximum Gasteiger partial charge on any atom is 0.417 e. The van der Waals surface area contributed by atoms with E-state index in [2.05, 4.69) is 0 Å². The number of alkyl halides is 3. The molecule has 0 aliphatic carbocycles. The van der Waals surface area contributed by atoms with Crippen LogP contribution in [0.15, 0.2) is 18.2 Å². The van der Waals surface area contributed by atoms with Crippen LogP contribution in [0.5, 0.6) is 0 Å². The zero-order valence-corrected chi connectivity index (χ0v) is 16.1. The van der Waals surface area contributed by atoms with Crippen molar-refractivity contribution in [3.8, 4) is 6.07 Å². The minimum absolute atomic E-state index is 0.0881. The molecular weight excluding hydrogens is 371 g/mol. The summed E-state index contributed by atoms with van der Waals surface area (Å²) in [6.07, 6.45) is -3.35. The quantitative estimate of drug-likeness (QED) is 0.785. The Morgan fingerprint density at radius 3 is 2.75 bits per heavy atom. The van der Waals surface area contributed by atoms with E-state index < -0.39 is 11.7 Å². The van der Waals surface area contributed by atoms with E-state index in [-0.39, 0.29) is 22.8 Å². The molecule has 0 spiro atoms. The van der Waals surface area contributed by atoms with Gasteiger partial charge in [-0.2, -0.15) is 18.4 Å². The Morgan fingerprint density at radius 1 is 1.39 bits per heavy atom. The number of fused-ring (bicyclic) bond motifs is 1. The summed E-state index contributed by atoms with van der Waals surface area (Å²) in [5.74, 6) is 0.323. The fraction of sp³-hybridized carbons (Fsp3) is 0.600. The van der Waals surface area contributed by atoms with E-state index in [1.54, 1.807) is 19.2 Å². The van der Waals surface area contributed by atoms with E-state index in [1.807, 2.05) is 16.7 Å². The molecule has 28 heavy (non-hydrogen) atoms. The fourth-order valence-electron chi connectivity index (χ4n) is 4.57. The van der Waals surface area contributed by atoms with E-state index in [1.165, 1.54) is 6.07 Å². The van der Waals surface area contributed by atoms with Gasteiger partial charge in [0.15, 0.2) is 0 Å². The van der Waals surface area contributed by atoms with Crippen LogP contribution in [-0.2, 0) is 15.7 Å². The van der Waals surface area contributed by atoms with Gasteiger partial charge in [-0.05, 0) is 30.5 Å². The highest BCUT2D eigenvalue weighted by molar-refractivity contribution is 5.76. The van der Waals surface area contributed by atoms with Gasteiger partial charge in [0, 0.05) is 50.8 Å². The van der Waals surface area contributed by atoms with Gasteiger partial charge >= 0.3 is 6.18 Å². The Labute approximate surface area is 162 Å². The molecule has 8 heteroatoms. The number of halogens is 3. The smallest absolute Gasteiger partial charge is 0.384 e. The number of rotatable bonds is 4. The molecule has 0 bridgehead atoms. The SMILES string of the molecule is CCC(=O)N1CC[C@@H]2CN(c3ccc(C#N)c(C(F)(F)F)c3)C[C@]2(COC)C1. The molecule has 2 aliphatic rings. The number of carbonyl (C=O) groups is 1. The van der Waals surface area contributed by atoms with E-state index in [0.717, 1.165) is 12.5 Å². The van der Waals surface area contributed by atoms with Crippen molar-refractivity contribution >= 4 is 11.6 Å². The number of methoxy groups -OCH3 is 1. The highest BCUT2D eigenvalue weighted by Gasteiger charge is 2.50. The van der Waals surface area contributed by atoms with Crippen LogP contribution in [0.25, 0.3) is 0 Å². The Kier molecular flexibility index (Phi) is 5.57. The van der Waals surface area contributed by atoms with Crippen molar-refractivity contribution in [2.45, 2.75) is 25.9 Å². The van der Waals surface area contributed by atoms with Crippen LogP contribution < -0.4 is 4.90 Å². The first-order chi connectivity index (χ1) is 13.2. The molecule has 2 heterocycles. The van der Waals surface area contributed by atoms with Gasteiger partial charge in [-0.25, -0.2) is 0 Å². The van der Waals surface area contributed by atoms with E-state index >= 15 is 0 Å². The maximum atomic E-state index is 13.3. The minimum atomic E-state index is -4.58. The van der Waals surface area contributed by atoms with Gasteiger partial charge in [0.2, 0.25) is 5.91 Å². The lowest BCUT2D eigenvalue weighted by atomic mass is 9.74. The Balaban J connectivity index is 1.90. The number of anilines is 1. The largest absolute Gasteiger partial charge is 0.417 e. The molecule has 2 saturated heterocycles. The topological polar surface area (TPSA) is 56.6 Å². The zero-order valence-electron chi connectivity index (χ0n) is 16.1. The third-order valence-corrected chi connectivity index (χ3v) is 5.95. The highest BCUT2D eigenvalue weighted by Crippen LogP contribution is 2.45. The van der Waals surface area contributed by atoms with Crippen molar-refractivity contribution < 1.29 is 22.7 Å². The van der Waals surface area contributed by atoms with Crippen LogP contribution in [-0.4, -0.2) is 50.7 Å². The zero-order chi connectivity index (χ0) is 20.5. The molecule has 2 aliphatic heterocycles. The van der Waals surface area contributed by atoms with E-state index in [0.29, 0.717) is 44.9 Å². The third-order valence-electron chi connectivity index (χ3n) is 5.95. The number of nitriles is 1. The minimum Gasteiger partial charge on any atom is -0.384 e. The number of hydrogen-bond donors (Lipinski definition) is 0. The summed E-state index contributed by atoms with van der Waals surface area (Å²) in [5.41, 5.74) is -1.14. The third kappa shape index (κ3) is 3.68. The van der Waals surface area contributed by atoms with Crippen LogP contribution in [0.3, 0.4) is 0 Å². The fourth-order valence-corrected chi connectivity index (χ4v) is 4.57. The van der Waals surface area contributed by atoms with Gasteiger partial charge in [0.1, 0.15) is 0 Å². The van der Waals surface area contributed by atoms with Gasteiger partial charge < -0.3 is 14.5 Å². The van der Waals surface area contributed by atoms with Crippen molar-refractivity contribution in [2.75, 3.05) is 44.8 Å². The highest BCUT2D eigenvalue weighted by atomic mass is 19.4. The second-order valence-corrected chi connectivity index (χ2v) is 7.67. The first-order valence-corrected chi connectivity index (χ1v) is 9.37. The van der Waals surface area contributed by atoms with Crippen LogP contribution in [0.4, 0.5) is 18.9 Å². The molecule has 2 atom stereocenters. The lowest BCUT2D eigenvalue weighted by molar-refractivity contribution is -0.138. The summed E-state index contributed by atoms with van der Waals surface area (Å²) in [5, 5.41) is 9.00. The summed E-state index contributed by atoms with van der Waals surface area (Å²) in [4.78, 5) is 16.0. The number of benzene rings is 1. The predicted molar refractivity (Wildman–Crippen MR) is 97.7 cm³/mol. The van der Waals surface area contributed by atoms with Crippen LogP contribution in [0.2, 0.25) is 0 Å². The molecule has 0 saturated carbocycles. The molecule has 3 rings (SSSR count). The number of nitrogens with zero attached hydrogens (tertiary/aromatic N) is 3. The molecule has 1 aromatic rings. The number of piperidine rings is 1. The molecule has 2 fully saturated rings. The van der Waals surface area contributed by atoms with Crippen LogP contribution >= 0.6 is 0 Å². The second kappa shape index (κ2) is 7.63. The Bertz CT molecular complexity index is 790. The number of likely N-dealkylation sites (tertiary alicyclic amines) is 1. The number of amides is 1. The molecule has 0 N–H and O–H groups in total. The molecule has 5 nitrogen and oxygen atoms in total. The molecule has 0 unspecified atom stereocenters. The van der Waals surface area contributed by atoms with Gasteiger partial charge in [-0.3, -0.25) is 4.79 Å². The normalized spacial score (nSPS) is 24.8. The summed E-state index contributed by atoms with van der Waals surface area (Å²) >= 11 is 0. The number of hydrogen-bond acceptors (Lipinski definition) is 4. The monoisotopic (exact) mass is 395 g/mol. The average Bonchev–Trinajstić information content (AvgIpc) is 3.04. The lowest BCUT2D eigenvalue weighted by Crippen LogP contribution is -2.52. The van der Waals surface area contributed by atoms with Crippen molar-refractivity contribution in [1.29, 1.82) is 5.26 Å². The summed E-state index contributed by atoms with van der Waals surface area (Å²) < 4.78 is 45.5. The Hall–Kier alpha value is -2.27. The molecule has 1 amide bonds. The summed E-state index contributed by atoms with van der Waals surface area (Å²) in [6, 6.07) is 5.48. The lowest BCUT2D eigenvalue weighted by Gasteiger charge is -2.43. The van der Waals surface area contributed by atoms with Gasteiger partial charge in [0.05, 0.1) is 23.8 Å². The summed E-state index contributed by atoms with van der Waals surface area (Å²) in [7, 11) is 1.61. The molecular formula is C20H24F3N3O2. The van der Waals surface area contributed by atoms with Gasteiger partial charge in [0.25, 0.3) is 0 Å². The molecule has 152 valence electrons. The van der Waals surface area contributed by atoms with Crippen molar-refractivity contribution in [3.05, 3.63) is 29.3 Å². The van der Waals surface area contributed by atoms with Crippen molar-refractivity contribution in [1.82, 2.24) is 4.90 Å².